The number of hydrogen-bond donors (Lipinski definition) is 2. The Morgan fingerprint density at radius 2 is 2.00 bits per heavy atom. The minimum Gasteiger partial charge on any atom is -0.480 e. The highest BCUT2D eigenvalue weighted by Crippen LogP contribution is 2.09. The van der Waals surface area contributed by atoms with Crippen molar-refractivity contribution in [2.75, 3.05) is 5.75 Å². The Morgan fingerprint density at radius 3 is 2.59 bits per heavy atom. The van der Waals surface area contributed by atoms with Crippen molar-refractivity contribution in [2.24, 2.45) is 5.73 Å². The minimum atomic E-state index is -1.13. The Morgan fingerprint density at radius 1 is 1.35 bits per heavy atom. The zero-order valence-electron chi connectivity index (χ0n) is 9.04. The molecule has 0 saturated heterocycles. The van der Waals surface area contributed by atoms with Gasteiger partial charge in [0.2, 0.25) is 0 Å². The Labute approximate surface area is 103 Å². The van der Waals surface area contributed by atoms with Crippen LogP contribution in [0.25, 0.3) is 0 Å². The molecule has 0 bridgehead atoms. The molecular formula is C11H13NO4S. The molecule has 3 N–H and O–H groups in total. The summed E-state index contributed by atoms with van der Waals surface area (Å²) in [5.74, 6) is -1.13. The van der Waals surface area contributed by atoms with E-state index in [1.54, 1.807) is 0 Å². The van der Waals surface area contributed by atoms with Crippen molar-refractivity contribution in [1.29, 1.82) is 0 Å². The van der Waals surface area contributed by atoms with E-state index in [4.69, 9.17) is 15.6 Å². The van der Waals surface area contributed by atoms with E-state index in [-0.39, 0.29) is 12.4 Å². The number of thioether (sulfide) groups is 1. The van der Waals surface area contributed by atoms with Crippen LogP contribution in [0.1, 0.15) is 5.56 Å². The first-order chi connectivity index (χ1) is 8.09. The maximum Gasteiger partial charge on any atom is 0.367 e. The standard InChI is InChI=1S/C11H13NO4S/c12-9(10(13)14)7-17-11(15)16-6-8-4-2-1-3-5-8/h1-5,9H,6-7,12H2,(H,13,14)/t9-/m1/s1. The van der Waals surface area contributed by atoms with Crippen LogP contribution in [0.3, 0.4) is 0 Å². The lowest BCUT2D eigenvalue weighted by atomic mass is 10.2. The van der Waals surface area contributed by atoms with E-state index >= 15 is 0 Å². The first kappa shape index (κ1) is 13.5. The maximum absolute atomic E-state index is 11.2. The molecule has 0 heterocycles. The van der Waals surface area contributed by atoms with Gasteiger partial charge in [-0.05, 0) is 17.3 Å². The molecule has 0 radical (unpaired) electrons. The molecular weight excluding hydrogens is 242 g/mol. The van der Waals surface area contributed by atoms with Gasteiger partial charge in [-0.3, -0.25) is 4.79 Å². The van der Waals surface area contributed by atoms with Crippen molar-refractivity contribution in [1.82, 2.24) is 0 Å². The highest BCUT2D eigenvalue weighted by Gasteiger charge is 2.14. The summed E-state index contributed by atoms with van der Waals surface area (Å²) in [6.45, 7) is 0.176. The summed E-state index contributed by atoms with van der Waals surface area (Å²) in [6.07, 6.45) is 0. The molecule has 1 atom stereocenters. The molecule has 17 heavy (non-hydrogen) atoms. The largest absolute Gasteiger partial charge is 0.480 e. The van der Waals surface area contributed by atoms with Gasteiger partial charge in [0.25, 0.3) is 0 Å². The third-order valence-electron chi connectivity index (χ3n) is 1.90. The van der Waals surface area contributed by atoms with Crippen LogP contribution in [0.2, 0.25) is 0 Å². The first-order valence-corrected chi connectivity index (χ1v) is 5.90. The number of carboxylic acid groups (broad SMARTS) is 1. The van der Waals surface area contributed by atoms with Gasteiger partial charge in [0.15, 0.2) is 0 Å². The van der Waals surface area contributed by atoms with Crippen LogP contribution in [0.4, 0.5) is 4.79 Å². The fourth-order valence-electron chi connectivity index (χ4n) is 0.987. The second-order valence-electron chi connectivity index (χ2n) is 3.28. The number of nitrogens with two attached hydrogens (primary N) is 1. The topological polar surface area (TPSA) is 89.6 Å². The number of carbonyl (C=O) groups is 2. The SMILES string of the molecule is N[C@H](CSC(=O)OCc1ccccc1)C(=O)O. The fourth-order valence-corrected chi connectivity index (χ4v) is 1.59. The summed E-state index contributed by atoms with van der Waals surface area (Å²) < 4.78 is 4.93. The number of ether oxygens (including phenoxy) is 1. The van der Waals surface area contributed by atoms with E-state index in [1.807, 2.05) is 30.3 Å². The van der Waals surface area contributed by atoms with Crippen molar-refractivity contribution in [2.45, 2.75) is 12.6 Å². The van der Waals surface area contributed by atoms with Crippen molar-refractivity contribution < 1.29 is 19.4 Å². The van der Waals surface area contributed by atoms with Gasteiger partial charge in [-0.1, -0.05) is 30.3 Å². The number of rotatable bonds is 5. The molecule has 92 valence electrons. The smallest absolute Gasteiger partial charge is 0.367 e. The Kier molecular flexibility index (Phi) is 5.51. The lowest BCUT2D eigenvalue weighted by Gasteiger charge is -2.06. The number of hydrogen-bond acceptors (Lipinski definition) is 5. The van der Waals surface area contributed by atoms with E-state index in [0.717, 1.165) is 17.3 Å². The van der Waals surface area contributed by atoms with Crippen LogP contribution >= 0.6 is 11.8 Å². The van der Waals surface area contributed by atoms with Gasteiger partial charge in [-0.15, -0.1) is 0 Å². The predicted octanol–water partition coefficient (Wildman–Crippen LogP) is 1.47. The zero-order chi connectivity index (χ0) is 12.7. The Hall–Kier alpha value is -1.53. The average molecular weight is 255 g/mol. The molecule has 0 aromatic heterocycles. The summed E-state index contributed by atoms with van der Waals surface area (Å²) >= 11 is 0.765. The molecule has 0 aliphatic rings. The molecule has 0 fully saturated rings. The molecule has 0 unspecified atom stereocenters. The molecule has 0 spiro atoms. The van der Waals surface area contributed by atoms with E-state index in [1.165, 1.54) is 0 Å². The fraction of sp³-hybridized carbons (Fsp3) is 0.273. The highest BCUT2D eigenvalue weighted by molar-refractivity contribution is 8.13. The molecule has 0 saturated carbocycles. The Balaban J connectivity index is 2.24. The van der Waals surface area contributed by atoms with Gasteiger partial charge in [0, 0.05) is 5.75 Å². The highest BCUT2D eigenvalue weighted by atomic mass is 32.2. The van der Waals surface area contributed by atoms with Crippen molar-refractivity contribution in [3.63, 3.8) is 0 Å². The van der Waals surface area contributed by atoms with Crippen LogP contribution in [-0.4, -0.2) is 28.2 Å². The minimum absolute atomic E-state index is 0.00293. The average Bonchev–Trinajstić information content (AvgIpc) is 2.34. The molecule has 1 aromatic carbocycles. The third-order valence-corrected chi connectivity index (χ3v) is 2.78. The van der Waals surface area contributed by atoms with Crippen molar-refractivity contribution in [3.8, 4) is 0 Å². The van der Waals surface area contributed by atoms with Crippen molar-refractivity contribution >= 4 is 23.0 Å². The van der Waals surface area contributed by atoms with Crippen LogP contribution in [0.15, 0.2) is 30.3 Å². The number of carboxylic acids is 1. The molecule has 0 aliphatic carbocycles. The monoisotopic (exact) mass is 255 g/mol. The lowest BCUT2D eigenvalue weighted by molar-refractivity contribution is -0.137. The summed E-state index contributed by atoms with van der Waals surface area (Å²) in [6, 6.07) is 8.17. The zero-order valence-corrected chi connectivity index (χ0v) is 9.85. The summed E-state index contributed by atoms with van der Waals surface area (Å²) in [7, 11) is 0. The lowest BCUT2D eigenvalue weighted by Crippen LogP contribution is -2.32. The molecule has 6 heteroatoms. The Bertz CT molecular complexity index is 382. The van der Waals surface area contributed by atoms with Gasteiger partial charge in [0.05, 0.1) is 0 Å². The number of carbonyl (C=O) groups excluding carboxylic acids is 1. The molecule has 0 aliphatic heterocycles. The number of aliphatic carboxylic acids is 1. The van der Waals surface area contributed by atoms with E-state index < -0.39 is 17.3 Å². The molecule has 0 amide bonds. The predicted molar refractivity (Wildman–Crippen MR) is 64.7 cm³/mol. The van der Waals surface area contributed by atoms with Gasteiger partial charge in [0.1, 0.15) is 12.6 Å². The molecule has 1 aromatic rings. The summed E-state index contributed by atoms with van der Waals surface area (Å²) in [4.78, 5) is 21.6. The van der Waals surface area contributed by atoms with Gasteiger partial charge in [-0.25, -0.2) is 4.79 Å². The second kappa shape index (κ2) is 6.93. The third kappa shape index (κ3) is 5.37. The molecule has 1 rings (SSSR count). The maximum atomic E-state index is 11.2. The normalized spacial score (nSPS) is 11.8. The van der Waals surface area contributed by atoms with Gasteiger partial charge >= 0.3 is 11.3 Å². The second-order valence-corrected chi connectivity index (χ2v) is 4.24. The quantitative estimate of drug-likeness (QED) is 0.774. The van der Waals surface area contributed by atoms with Crippen LogP contribution in [-0.2, 0) is 16.1 Å². The summed E-state index contributed by atoms with van der Waals surface area (Å²) in [5.41, 5.74) is 6.12. The van der Waals surface area contributed by atoms with Crippen molar-refractivity contribution in [3.05, 3.63) is 35.9 Å². The van der Waals surface area contributed by atoms with Gasteiger partial charge in [-0.2, -0.15) is 0 Å². The van der Waals surface area contributed by atoms with Crippen LogP contribution in [0.5, 0.6) is 0 Å². The van der Waals surface area contributed by atoms with E-state index in [0.29, 0.717) is 0 Å². The van der Waals surface area contributed by atoms with E-state index in [9.17, 15) is 9.59 Å². The first-order valence-electron chi connectivity index (χ1n) is 4.91. The van der Waals surface area contributed by atoms with Gasteiger partial charge < -0.3 is 15.6 Å². The van der Waals surface area contributed by atoms with Crippen LogP contribution < -0.4 is 5.73 Å². The molecule has 5 nitrogen and oxygen atoms in total. The number of benzene rings is 1. The van der Waals surface area contributed by atoms with E-state index in [2.05, 4.69) is 0 Å². The summed E-state index contributed by atoms with van der Waals surface area (Å²) in [5, 5.41) is 7.99. The van der Waals surface area contributed by atoms with Crippen LogP contribution in [0, 0.1) is 0 Å².